The second kappa shape index (κ2) is 9.48. The van der Waals surface area contributed by atoms with E-state index in [9.17, 15) is 9.59 Å². The number of hydrogen-bond donors (Lipinski definition) is 2. The molecule has 0 unspecified atom stereocenters. The highest BCUT2D eigenvalue weighted by atomic mass is 16.5. The van der Waals surface area contributed by atoms with Gasteiger partial charge in [-0.25, -0.2) is 4.79 Å². The number of aromatic amines is 1. The number of H-pyrrole nitrogens is 1. The summed E-state index contributed by atoms with van der Waals surface area (Å²) in [5, 5.41) is 0. The molecule has 7 nitrogen and oxygen atoms in total. The Morgan fingerprint density at radius 3 is 2.50 bits per heavy atom. The van der Waals surface area contributed by atoms with E-state index in [-0.39, 0.29) is 11.7 Å². The van der Waals surface area contributed by atoms with E-state index >= 15 is 0 Å². The Kier molecular flexibility index (Phi) is 7.31. The molecule has 3 N–H and O–H groups in total. The Morgan fingerprint density at radius 1 is 1.18 bits per heavy atom. The fourth-order valence-electron chi connectivity index (χ4n) is 3.14. The topological polar surface area (TPSA) is 93.3 Å². The van der Waals surface area contributed by atoms with Crippen molar-refractivity contribution in [1.29, 1.82) is 0 Å². The van der Waals surface area contributed by atoms with Crippen LogP contribution in [0.15, 0.2) is 33.9 Å². The first kappa shape index (κ1) is 21.6. The van der Waals surface area contributed by atoms with Gasteiger partial charge < -0.3 is 15.4 Å². The summed E-state index contributed by atoms with van der Waals surface area (Å²) in [5.74, 6) is 1.53. The van der Waals surface area contributed by atoms with Crippen LogP contribution in [0.4, 0.5) is 11.5 Å². The van der Waals surface area contributed by atoms with Gasteiger partial charge in [-0.05, 0) is 36.5 Å². The molecule has 0 aliphatic heterocycles. The molecule has 0 fully saturated rings. The predicted molar refractivity (Wildman–Crippen MR) is 114 cm³/mol. The number of nitrogens with zero attached hydrogens (tertiary/aromatic N) is 2. The standard InChI is InChI=1S/C21H32N4O3/c1-14(2)12-24(9-10-28-17-8-6-7-16(5)11-17)18-19(22)25(13-15(3)4)21(27)23-20(18)26/h6-8,11,14-15H,9-10,12-13,22H2,1-5H3,(H,23,26,27). The van der Waals surface area contributed by atoms with Crippen molar-refractivity contribution in [2.75, 3.05) is 30.3 Å². The molecule has 0 aliphatic rings. The van der Waals surface area contributed by atoms with Crippen LogP contribution in [0.1, 0.15) is 33.3 Å². The van der Waals surface area contributed by atoms with E-state index in [1.165, 1.54) is 4.57 Å². The average molecular weight is 389 g/mol. The molecule has 0 saturated heterocycles. The smallest absolute Gasteiger partial charge is 0.330 e. The molecule has 1 aromatic carbocycles. The van der Waals surface area contributed by atoms with Gasteiger partial charge >= 0.3 is 5.69 Å². The van der Waals surface area contributed by atoms with Gasteiger partial charge in [-0.15, -0.1) is 0 Å². The number of aryl methyl sites for hydroxylation is 1. The van der Waals surface area contributed by atoms with Gasteiger partial charge in [-0.3, -0.25) is 14.3 Å². The van der Waals surface area contributed by atoms with Gasteiger partial charge in [0.1, 0.15) is 23.9 Å². The molecule has 0 radical (unpaired) electrons. The summed E-state index contributed by atoms with van der Waals surface area (Å²) in [6.07, 6.45) is 0. The van der Waals surface area contributed by atoms with Gasteiger partial charge in [0.25, 0.3) is 5.56 Å². The monoisotopic (exact) mass is 388 g/mol. The molecular formula is C21H32N4O3. The highest BCUT2D eigenvalue weighted by molar-refractivity contribution is 5.62. The second-order valence-electron chi connectivity index (χ2n) is 8.00. The lowest BCUT2D eigenvalue weighted by atomic mass is 10.2. The summed E-state index contributed by atoms with van der Waals surface area (Å²) in [5.41, 5.74) is 6.80. The maximum Gasteiger partial charge on any atom is 0.330 e. The van der Waals surface area contributed by atoms with Crippen LogP contribution in [-0.4, -0.2) is 29.2 Å². The van der Waals surface area contributed by atoms with Crippen molar-refractivity contribution in [2.24, 2.45) is 11.8 Å². The van der Waals surface area contributed by atoms with Gasteiger partial charge in [0.05, 0.1) is 6.54 Å². The first-order valence-electron chi connectivity index (χ1n) is 9.76. The lowest BCUT2D eigenvalue weighted by Crippen LogP contribution is -2.41. The number of nitrogens with one attached hydrogen (secondary N) is 1. The molecule has 1 aromatic heterocycles. The number of nitrogens with two attached hydrogens (primary N) is 1. The van der Waals surface area contributed by atoms with Crippen molar-refractivity contribution < 1.29 is 4.74 Å². The van der Waals surface area contributed by atoms with Gasteiger partial charge in [-0.1, -0.05) is 39.8 Å². The SMILES string of the molecule is Cc1cccc(OCCN(CC(C)C)c2c(N)n(CC(C)C)c(=O)[nH]c2=O)c1. The zero-order valence-corrected chi connectivity index (χ0v) is 17.5. The fourth-order valence-corrected chi connectivity index (χ4v) is 3.14. The fraction of sp³-hybridized carbons (Fsp3) is 0.524. The highest BCUT2D eigenvalue weighted by Crippen LogP contribution is 2.19. The van der Waals surface area contributed by atoms with Crippen LogP contribution in [0.5, 0.6) is 5.75 Å². The summed E-state index contributed by atoms with van der Waals surface area (Å²) in [6, 6.07) is 7.83. The summed E-state index contributed by atoms with van der Waals surface area (Å²) >= 11 is 0. The maximum atomic E-state index is 12.6. The normalized spacial score (nSPS) is 11.2. The van der Waals surface area contributed by atoms with Crippen LogP contribution >= 0.6 is 0 Å². The van der Waals surface area contributed by atoms with Crippen molar-refractivity contribution >= 4 is 11.5 Å². The first-order chi connectivity index (χ1) is 13.2. The largest absolute Gasteiger partial charge is 0.492 e. The maximum absolute atomic E-state index is 12.6. The van der Waals surface area contributed by atoms with Crippen LogP contribution in [0, 0.1) is 18.8 Å². The number of rotatable bonds is 9. The van der Waals surface area contributed by atoms with E-state index in [1.807, 2.05) is 49.9 Å². The summed E-state index contributed by atoms with van der Waals surface area (Å²) < 4.78 is 7.30. The third-order valence-corrected chi connectivity index (χ3v) is 4.28. The zero-order valence-electron chi connectivity index (χ0n) is 17.5. The molecule has 7 heteroatoms. The highest BCUT2D eigenvalue weighted by Gasteiger charge is 2.20. The number of aromatic nitrogens is 2. The quantitative estimate of drug-likeness (QED) is 0.689. The number of nitrogen functional groups attached to an aromatic ring is 1. The van der Waals surface area contributed by atoms with Gasteiger partial charge in [0, 0.05) is 13.1 Å². The Hall–Kier alpha value is -2.70. The molecule has 28 heavy (non-hydrogen) atoms. The van der Waals surface area contributed by atoms with E-state index in [0.29, 0.717) is 37.8 Å². The van der Waals surface area contributed by atoms with Crippen LogP contribution in [-0.2, 0) is 6.54 Å². The van der Waals surface area contributed by atoms with Crippen LogP contribution in [0.25, 0.3) is 0 Å². The average Bonchev–Trinajstić information content (AvgIpc) is 2.57. The number of benzene rings is 1. The first-order valence-corrected chi connectivity index (χ1v) is 9.76. The molecule has 0 amide bonds. The molecule has 0 saturated carbocycles. The third-order valence-electron chi connectivity index (χ3n) is 4.28. The van der Waals surface area contributed by atoms with Crippen LogP contribution in [0.3, 0.4) is 0 Å². The number of anilines is 2. The molecular weight excluding hydrogens is 356 g/mol. The van der Waals surface area contributed by atoms with Crippen molar-refractivity contribution in [1.82, 2.24) is 9.55 Å². The van der Waals surface area contributed by atoms with Gasteiger partial charge in [0.15, 0.2) is 0 Å². The Balaban J connectivity index is 2.29. The Morgan fingerprint density at radius 2 is 1.89 bits per heavy atom. The molecule has 0 aliphatic carbocycles. The lowest BCUT2D eigenvalue weighted by Gasteiger charge is -2.28. The van der Waals surface area contributed by atoms with Crippen molar-refractivity contribution in [3.05, 3.63) is 50.7 Å². The molecule has 0 atom stereocenters. The number of hydrogen-bond acceptors (Lipinski definition) is 5. The number of ether oxygens (including phenoxy) is 1. The molecule has 154 valence electrons. The zero-order chi connectivity index (χ0) is 20.8. The van der Waals surface area contributed by atoms with E-state index in [1.54, 1.807) is 0 Å². The Bertz CT molecular complexity index is 899. The van der Waals surface area contributed by atoms with E-state index in [0.717, 1.165) is 11.3 Å². The van der Waals surface area contributed by atoms with E-state index < -0.39 is 11.2 Å². The van der Waals surface area contributed by atoms with E-state index in [4.69, 9.17) is 10.5 Å². The van der Waals surface area contributed by atoms with E-state index in [2.05, 4.69) is 18.8 Å². The van der Waals surface area contributed by atoms with Crippen molar-refractivity contribution in [2.45, 2.75) is 41.2 Å². The molecule has 0 spiro atoms. The Labute approximate surface area is 166 Å². The molecule has 2 rings (SSSR count). The van der Waals surface area contributed by atoms with Gasteiger partial charge in [-0.2, -0.15) is 0 Å². The minimum absolute atomic E-state index is 0.207. The predicted octanol–water partition coefficient (Wildman–Crippen LogP) is 2.62. The third kappa shape index (κ3) is 5.65. The second-order valence-corrected chi connectivity index (χ2v) is 8.00. The molecule has 2 aromatic rings. The lowest BCUT2D eigenvalue weighted by molar-refractivity contribution is 0.321. The van der Waals surface area contributed by atoms with Crippen molar-refractivity contribution in [3.63, 3.8) is 0 Å². The summed E-state index contributed by atoms with van der Waals surface area (Å²) in [6.45, 7) is 12.1. The van der Waals surface area contributed by atoms with Crippen molar-refractivity contribution in [3.8, 4) is 5.75 Å². The minimum atomic E-state index is -0.472. The minimum Gasteiger partial charge on any atom is -0.492 e. The molecule has 1 heterocycles. The summed E-state index contributed by atoms with van der Waals surface area (Å²) in [7, 11) is 0. The van der Waals surface area contributed by atoms with Gasteiger partial charge in [0.2, 0.25) is 0 Å². The molecule has 0 bridgehead atoms. The van der Waals surface area contributed by atoms with Crippen LogP contribution in [0.2, 0.25) is 0 Å². The summed E-state index contributed by atoms with van der Waals surface area (Å²) in [4.78, 5) is 29.1. The van der Waals surface area contributed by atoms with Crippen LogP contribution < -0.4 is 26.6 Å².